The molecule has 3 rings (SSSR count). The molecule has 114 valence electrons. The Morgan fingerprint density at radius 1 is 1.00 bits per heavy atom. The molecule has 0 aromatic carbocycles. The van der Waals surface area contributed by atoms with Crippen LogP contribution < -0.4 is 4.78 Å². The van der Waals surface area contributed by atoms with Crippen molar-refractivity contribution in [3.05, 3.63) is 17.0 Å². The first-order valence-electron chi connectivity index (χ1n) is 7.70. The molecule has 0 radical (unpaired) electrons. The molecule has 0 atom stereocenters. The fourth-order valence-corrected chi connectivity index (χ4v) is 4.89. The van der Waals surface area contributed by atoms with E-state index in [1.54, 1.807) is 0 Å². The molecule has 0 amide bonds. The van der Waals surface area contributed by atoms with Crippen LogP contribution >= 0.6 is 22.7 Å². The van der Waals surface area contributed by atoms with Gasteiger partial charge in [0.25, 0.3) is 0 Å². The van der Waals surface area contributed by atoms with Crippen molar-refractivity contribution in [3.63, 3.8) is 0 Å². The van der Waals surface area contributed by atoms with Crippen LogP contribution in [-0.4, -0.2) is 18.3 Å². The van der Waals surface area contributed by atoms with Gasteiger partial charge < -0.3 is 9.31 Å². The Labute approximate surface area is 135 Å². The lowest BCUT2D eigenvalue weighted by Crippen LogP contribution is -2.41. The lowest BCUT2D eigenvalue weighted by molar-refractivity contribution is 0.00578. The highest BCUT2D eigenvalue weighted by molar-refractivity contribution is 7.33. The summed E-state index contributed by atoms with van der Waals surface area (Å²) in [6.07, 6.45) is 3.73. The van der Waals surface area contributed by atoms with Crippen LogP contribution in [-0.2, 0) is 15.7 Å². The minimum Gasteiger partial charge on any atom is -0.399 e. The Morgan fingerprint density at radius 2 is 1.62 bits per heavy atom. The van der Waals surface area contributed by atoms with Gasteiger partial charge in [-0.25, -0.2) is 0 Å². The van der Waals surface area contributed by atoms with Gasteiger partial charge in [-0.15, -0.1) is 22.7 Å². The highest BCUT2D eigenvalue weighted by Gasteiger charge is 2.52. The molecule has 0 spiro atoms. The highest BCUT2D eigenvalue weighted by atomic mass is 32.1. The van der Waals surface area contributed by atoms with Crippen LogP contribution in [0.25, 0.3) is 9.40 Å². The van der Waals surface area contributed by atoms with Gasteiger partial charge in [0.05, 0.1) is 11.2 Å². The predicted molar refractivity (Wildman–Crippen MR) is 94.0 cm³/mol. The highest BCUT2D eigenvalue weighted by Crippen LogP contribution is 2.38. The monoisotopic (exact) mass is 322 g/mol. The fourth-order valence-electron chi connectivity index (χ4n) is 2.45. The van der Waals surface area contributed by atoms with Crippen molar-refractivity contribution < 1.29 is 9.31 Å². The third-order valence-corrected chi connectivity index (χ3v) is 6.91. The standard InChI is InChI=1S/C16H23BO2S2/c1-6-7-8-11-9-12-13(20-11)10-14(21-12)17-18-15(2,3)16(4,5)19-17/h9-10H,6-8H2,1-5H3. The molecular weight excluding hydrogens is 299 g/mol. The molecule has 0 saturated carbocycles. The van der Waals surface area contributed by atoms with Crippen molar-refractivity contribution in [3.8, 4) is 0 Å². The normalized spacial score (nSPS) is 20.5. The van der Waals surface area contributed by atoms with Crippen LogP contribution in [0.1, 0.15) is 52.3 Å². The molecule has 0 N–H and O–H groups in total. The van der Waals surface area contributed by atoms with E-state index in [2.05, 4.69) is 46.8 Å². The average Bonchev–Trinajstić information content (AvgIpc) is 2.97. The summed E-state index contributed by atoms with van der Waals surface area (Å²) >= 11 is 3.73. The van der Waals surface area contributed by atoms with Gasteiger partial charge in [-0.3, -0.25) is 0 Å². The van der Waals surface area contributed by atoms with E-state index in [0.717, 1.165) is 0 Å². The number of fused-ring (bicyclic) bond motifs is 1. The van der Waals surface area contributed by atoms with Gasteiger partial charge in [-0.2, -0.15) is 0 Å². The minimum atomic E-state index is -0.263. The zero-order chi connectivity index (χ0) is 15.3. The van der Waals surface area contributed by atoms with E-state index in [1.165, 1.54) is 38.3 Å². The molecule has 0 bridgehead atoms. The van der Waals surface area contributed by atoms with Gasteiger partial charge in [0, 0.05) is 19.1 Å². The van der Waals surface area contributed by atoms with Gasteiger partial charge in [0.15, 0.2) is 0 Å². The predicted octanol–water partition coefficient (Wildman–Crippen LogP) is 4.60. The van der Waals surface area contributed by atoms with Gasteiger partial charge in [0.1, 0.15) is 0 Å². The SMILES string of the molecule is CCCCc1cc2sc(B3OC(C)(C)C(C)(C)O3)cc2s1. The Balaban J connectivity index is 1.81. The molecular formula is C16H23BO2S2. The second-order valence-electron chi connectivity index (χ2n) is 6.78. The zero-order valence-electron chi connectivity index (χ0n) is 13.5. The Bertz CT molecular complexity index is 594. The summed E-state index contributed by atoms with van der Waals surface area (Å²) in [6, 6.07) is 4.59. The molecule has 0 unspecified atom stereocenters. The van der Waals surface area contributed by atoms with Gasteiger partial charge in [-0.05, 0) is 52.7 Å². The molecule has 5 heteroatoms. The number of unbranched alkanes of at least 4 members (excludes halogenated alkanes) is 1. The van der Waals surface area contributed by atoms with Crippen LogP contribution in [0.5, 0.6) is 0 Å². The van der Waals surface area contributed by atoms with Gasteiger partial charge in [-0.1, -0.05) is 13.3 Å². The first-order valence-corrected chi connectivity index (χ1v) is 9.33. The van der Waals surface area contributed by atoms with Crippen molar-refractivity contribution in [1.29, 1.82) is 0 Å². The summed E-state index contributed by atoms with van der Waals surface area (Å²) in [7, 11) is -0.223. The van der Waals surface area contributed by atoms with Crippen LogP contribution in [0.15, 0.2) is 12.1 Å². The third kappa shape index (κ3) is 2.81. The number of rotatable bonds is 4. The summed E-state index contributed by atoms with van der Waals surface area (Å²) < 4.78 is 16.2. The first kappa shape index (κ1) is 15.5. The molecule has 1 fully saturated rings. The largest absolute Gasteiger partial charge is 0.505 e. The van der Waals surface area contributed by atoms with Crippen LogP contribution in [0.2, 0.25) is 0 Å². The van der Waals surface area contributed by atoms with Crippen molar-refractivity contribution in [2.75, 3.05) is 0 Å². The van der Waals surface area contributed by atoms with Crippen molar-refractivity contribution in [1.82, 2.24) is 0 Å². The molecule has 0 aliphatic carbocycles. The Morgan fingerprint density at radius 3 is 2.19 bits per heavy atom. The van der Waals surface area contributed by atoms with E-state index in [1.807, 2.05) is 22.7 Å². The van der Waals surface area contributed by atoms with E-state index >= 15 is 0 Å². The molecule has 1 saturated heterocycles. The van der Waals surface area contributed by atoms with Crippen LogP contribution in [0.3, 0.4) is 0 Å². The lowest BCUT2D eigenvalue weighted by atomic mass is 9.88. The number of hydrogen-bond donors (Lipinski definition) is 0. The molecule has 2 aromatic rings. The van der Waals surface area contributed by atoms with Crippen molar-refractivity contribution in [2.45, 2.75) is 65.1 Å². The molecule has 2 aromatic heterocycles. The molecule has 1 aliphatic rings. The van der Waals surface area contributed by atoms with E-state index in [9.17, 15) is 0 Å². The minimum absolute atomic E-state index is 0.223. The van der Waals surface area contributed by atoms with Crippen molar-refractivity contribution in [2.24, 2.45) is 0 Å². The van der Waals surface area contributed by atoms with Crippen molar-refractivity contribution >= 4 is 44.0 Å². The topological polar surface area (TPSA) is 18.5 Å². The quantitative estimate of drug-likeness (QED) is 0.766. The van der Waals surface area contributed by atoms with Gasteiger partial charge in [0.2, 0.25) is 0 Å². The summed E-state index contributed by atoms with van der Waals surface area (Å²) in [6.45, 7) is 10.7. The Kier molecular flexibility index (Phi) is 3.98. The summed E-state index contributed by atoms with van der Waals surface area (Å²) in [5.74, 6) is 0. The van der Waals surface area contributed by atoms with Crippen LogP contribution in [0.4, 0.5) is 0 Å². The second-order valence-corrected chi connectivity index (χ2v) is 9.07. The zero-order valence-corrected chi connectivity index (χ0v) is 15.1. The fraction of sp³-hybridized carbons (Fsp3) is 0.625. The third-order valence-electron chi connectivity index (χ3n) is 4.54. The summed E-state index contributed by atoms with van der Waals surface area (Å²) in [5, 5.41) is 0. The maximum absolute atomic E-state index is 6.14. The smallest absolute Gasteiger partial charge is 0.399 e. The van der Waals surface area contributed by atoms with Crippen LogP contribution in [0, 0.1) is 0 Å². The Hall–Kier alpha value is -0.355. The number of thiophene rings is 2. The number of aryl methyl sites for hydroxylation is 1. The maximum Gasteiger partial charge on any atom is 0.505 e. The van der Waals surface area contributed by atoms with E-state index in [-0.39, 0.29) is 18.3 Å². The lowest BCUT2D eigenvalue weighted by Gasteiger charge is -2.32. The second kappa shape index (κ2) is 5.37. The number of hydrogen-bond acceptors (Lipinski definition) is 4. The first-order chi connectivity index (χ1) is 9.82. The average molecular weight is 322 g/mol. The summed E-state index contributed by atoms with van der Waals surface area (Å²) in [4.78, 5) is 1.50. The molecule has 2 nitrogen and oxygen atoms in total. The maximum atomic E-state index is 6.14. The molecule has 1 aliphatic heterocycles. The van der Waals surface area contributed by atoms with E-state index < -0.39 is 0 Å². The van der Waals surface area contributed by atoms with E-state index in [4.69, 9.17) is 9.31 Å². The molecule has 3 heterocycles. The van der Waals surface area contributed by atoms with Gasteiger partial charge >= 0.3 is 7.12 Å². The summed E-state index contributed by atoms with van der Waals surface area (Å²) in [5.41, 5.74) is -0.525. The molecule has 21 heavy (non-hydrogen) atoms. The van der Waals surface area contributed by atoms with E-state index in [0.29, 0.717) is 0 Å².